The number of carboxylic acids is 2. The Morgan fingerprint density at radius 3 is 1.85 bits per heavy atom. The summed E-state index contributed by atoms with van der Waals surface area (Å²) in [5.74, 6) is -2.20. The summed E-state index contributed by atoms with van der Waals surface area (Å²) in [4.78, 5) is 52.2. The molecule has 8 rings (SSSR count). The van der Waals surface area contributed by atoms with Crippen molar-refractivity contribution in [2.75, 3.05) is 0 Å². The molecule has 20 heteroatoms. The first-order valence-electron chi connectivity index (χ1n) is 22.0. The molecular weight excluding hydrogens is 1070 g/mol. The van der Waals surface area contributed by atoms with E-state index < -0.39 is 29.5 Å². The number of hydrogen-bond acceptors (Lipinski definition) is 10. The van der Waals surface area contributed by atoms with Crippen molar-refractivity contribution >= 4 is 52.8 Å². The Hall–Kier alpha value is -8.51. The molecule has 0 amide bonds. The second-order valence-corrected chi connectivity index (χ2v) is 16.6. The predicted molar refractivity (Wildman–Crippen MR) is 277 cm³/mol. The number of alkyl halides is 3. The maximum absolute atomic E-state index is 12.7. The molecule has 0 aliphatic heterocycles. The van der Waals surface area contributed by atoms with Crippen LogP contribution in [0.1, 0.15) is 55.0 Å². The van der Waals surface area contributed by atoms with E-state index in [0.717, 1.165) is 51.6 Å². The molecular formula is C54H39F3N10O4RuS2. The fraction of sp³-hybridized carbons (Fsp3) is 0.130. The quantitative estimate of drug-likeness (QED) is 0.0246. The largest absolute Gasteiger partial charge is 2.00 e. The summed E-state index contributed by atoms with van der Waals surface area (Å²) in [6.07, 6.45) is 10.4. The zero-order valence-corrected chi connectivity index (χ0v) is 42.3. The molecule has 0 bridgehead atoms. The number of pyridine rings is 3. The molecule has 2 aromatic carbocycles. The van der Waals surface area contributed by atoms with Gasteiger partial charge >= 0.3 is 37.6 Å². The van der Waals surface area contributed by atoms with Gasteiger partial charge in [-0.25, -0.2) is 24.6 Å². The Balaban J connectivity index is 0.000000287. The molecule has 0 saturated heterocycles. The molecule has 0 radical (unpaired) electrons. The van der Waals surface area contributed by atoms with Crippen LogP contribution in [0.3, 0.4) is 0 Å². The molecule has 0 fully saturated rings. The van der Waals surface area contributed by atoms with E-state index >= 15 is 0 Å². The third-order valence-corrected chi connectivity index (χ3v) is 11.5. The van der Waals surface area contributed by atoms with E-state index in [1.54, 1.807) is 84.7 Å². The molecule has 6 heterocycles. The van der Waals surface area contributed by atoms with Gasteiger partial charge in [-0.05, 0) is 142 Å². The number of hydrogen-bond donors (Lipinski definition) is 2. The normalized spacial score (nSPS) is 11.0. The predicted octanol–water partition coefficient (Wildman–Crippen LogP) is 13.3. The average molecular weight is 1110 g/mol. The van der Waals surface area contributed by atoms with Gasteiger partial charge in [-0.3, -0.25) is 19.6 Å². The third kappa shape index (κ3) is 15.5. The van der Waals surface area contributed by atoms with E-state index in [9.17, 15) is 33.0 Å². The van der Waals surface area contributed by atoms with Crippen LogP contribution in [0.2, 0.25) is 0 Å². The number of isothiocyanates is 1. The van der Waals surface area contributed by atoms with E-state index in [4.69, 9.17) is 23.5 Å². The van der Waals surface area contributed by atoms with Crippen molar-refractivity contribution in [2.45, 2.75) is 45.2 Å². The second kappa shape index (κ2) is 27.4. The molecule has 6 aromatic heterocycles. The van der Waals surface area contributed by atoms with Crippen LogP contribution in [0.15, 0.2) is 145 Å². The van der Waals surface area contributed by atoms with Crippen LogP contribution in [-0.2, 0) is 41.7 Å². The topological polar surface area (TPSA) is 197 Å². The van der Waals surface area contributed by atoms with Gasteiger partial charge < -0.3 is 25.8 Å². The maximum atomic E-state index is 12.7. The minimum absolute atomic E-state index is 0. The van der Waals surface area contributed by atoms with Gasteiger partial charge in [-0.15, -0.1) is 11.3 Å². The molecule has 0 aliphatic carbocycles. The number of aryl methyl sites for hydroxylation is 1. The van der Waals surface area contributed by atoms with Crippen molar-refractivity contribution in [3.63, 3.8) is 0 Å². The molecule has 0 aliphatic rings. The Morgan fingerprint density at radius 2 is 1.27 bits per heavy atom. The summed E-state index contributed by atoms with van der Waals surface area (Å²) in [5.41, 5.74) is 6.73. The van der Waals surface area contributed by atoms with Crippen molar-refractivity contribution in [3.8, 4) is 67.0 Å². The van der Waals surface area contributed by atoms with Gasteiger partial charge in [0.2, 0.25) is 0 Å². The first kappa shape index (κ1) is 56.4. The smallest absolute Gasteiger partial charge is 0.753 e. The fourth-order valence-corrected chi connectivity index (χ4v) is 8.09. The monoisotopic (exact) mass is 1110 g/mol. The van der Waals surface area contributed by atoms with Gasteiger partial charge in [-0.1, -0.05) is 80.5 Å². The number of aromatic nitrogens is 7. The van der Waals surface area contributed by atoms with E-state index in [1.807, 2.05) is 42.5 Å². The number of unbranched alkanes of at least 4 members (excludes halogenated alkanes) is 3. The van der Waals surface area contributed by atoms with Crippen LogP contribution in [0.25, 0.3) is 94.2 Å². The summed E-state index contributed by atoms with van der Waals surface area (Å²) in [6.45, 7) is 16.5. The molecule has 0 atom stereocenters. The Labute approximate surface area is 445 Å². The van der Waals surface area contributed by atoms with Crippen LogP contribution < -0.4 is 5.10 Å². The number of rotatable bonds is 15. The van der Waals surface area contributed by atoms with Crippen molar-refractivity contribution in [1.29, 1.82) is 0 Å². The van der Waals surface area contributed by atoms with Crippen LogP contribution in [0.4, 0.5) is 13.2 Å². The first-order chi connectivity index (χ1) is 35.2. The van der Waals surface area contributed by atoms with E-state index in [2.05, 4.69) is 70.4 Å². The van der Waals surface area contributed by atoms with Gasteiger partial charge in [0.15, 0.2) is 5.82 Å². The van der Waals surface area contributed by atoms with E-state index in [1.165, 1.54) is 42.1 Å². The Morgan fingerprint density at radius 1 is 0.716 bits per heavy atom. The number of carbonyl (C=O) groups is 2. The number of halogens is 3. The fourth-order valence-electron chi connectivity index (χ4n) is 7.14. The van der Waals surface area contributed by atoms with Gasteiger partial charge in [0, 0.05) is 29.7 Å². The third-order valence-electron chi connectivity index (χ3n) is 10.5. The molecule has 2 N–H and O–H groups in total. The van der Waals surface area contributed by atoms with Gasteiger partial charge in [0.1, 0.15) is 11.4 Å². The van der Waals surface area contributed by atoms with Crippen molar-refractivity contribution in [2.24, 2.45) is 0 Å². The van der Waals surface area contributed by atoms with Crippen molar-refractivity contribution in [1.82, 2.24) is 35.1 Å². The number of thiocarbonyl (C=S) groups is 1. The number of thiophene rings is 1. The zero-order chi connectivity index (χ0) is 52.3. The van der Waals surface area contributed by atoms with Crippen molar-refractivity contribution in [3.05, 3.63) is 195 Å². The number of benzene rings is 2. The minimum atomic E-state index is -4.50. The number of carboxylic acid groups (broad SMARTS) is 2. The second-order valence-electron chi connectivity index (χ2n) is 15.5. The molecule has 14 nitrogen and oxygen atoms in total. The van der Waals surface area contributed by atoms with Crippen LogP contribution in [0, 0.1) is 13.1 Å². The number of aliphatic carboxylic acids is 2. The molecule has 0 spiro atoms. The van der Waals surface area contributed by atoms with Crippen LogP contribution in [0.5, 0.6) is 0 Å². The van der Waals surface area contributed by atoms with Gasteiger partial charge in [0.25, 0.3) is 11.4 Å². The summed E-state index contributed by atoms with van der Waals surface area (Å²) in [6, 6.07) is 30.0. The SMILES string of the molecule is CCCCCCc1ccsc1-c1ccnc(-c2cc(C(F)(F)F)n[n-]2)c1.[C-]#[N+]/C(=C\c1cccc(-c2ccnc(-c3cc(-c4cccc(/C=C(\[N+]#[C-])C(=O)O)c4)cc(-c4ncccn4)n3)c2)c1)C(=O)O.[N-]=C=S.[Ru+2]. The molecule has 74 heavy (non-hydrogen) atoms. The van der Waals surface area contributed by atoms with E-state index in [-0.39, 0.29) is 30.9 Å². The summed E-state index contributed by atoms with van der Waals surface area (Å²) in [7, 11) is 0. The molecule has 0 unspecified atom stereocenters. The summed E-state index contributed by atoms with van der Waals surface area (Å²) >= 11 is 5.34. The van der Waals surface area contributed by atoms with Gasteiger partial charge in [0.05, 0.1) is 30.2 Å². The standard InChI is InChI=1S/C34H20N6O4.C19H19F3N3S.CNS.Ru/c1-35-30(33(41)42)16-21-6-3-8-23(14-21)25-10-13-37-27(18-25)28-19-26(20-29(40-28)32-38-11-5-12-39-32)24-9-4-7-22(15-24)17-31(36-2)34(43)44;1-2-3-4-5-6-13-8-10-26-18(13)14-7-9-23-15(11-14)16-12-17(25-24-16)19(20,21)22;2-1-3;/h3-20H,(H,41,42)(H,43,44);7-12H,2-6H2,1H3;;/q;2*-1;+2/b30-16-,31-17-;;;. The van der Waals surface area contributed by atoms with Gasteiger partial charge in [-0.2, -0.15) is 18.3 Å². The molecule has 370 valence electrons. The first-order valence-corrected chi connectivity index (χ1v) is 23.3. The maximum Gasteiger partial charge on any atom is 2.00 e. The average Bonchev–Trinajstić information content (AvgIpc) is 4.11. The molecule has 8 aromatic rings. The van der Waals surface area contributed by atoms with Crippen molar-refractivity contribution < 1.29 is 52.5 Å². The molecule has 0 saturated carbocycles. The zero-order valence-electron chi connectivity index (χ0n) is 38.9. The Kier molecular flexibility index (Phi) is 20.9. The minimum Gasteiger partial charge on any atom is -0.753 e. The van der Waals surface area contributed by atoms with E-state index in [0.29, 0.717) is 39.7 Å². The number of nitrogens with zero attached hydrogens (tertiary/aromatic N) is 10. The Bertz CT molecular complexity index is 3430. The van der Waals surface area contributed by atoms with Crippen LogP contribution >= 0.6 is 23.6 Å². The summed E-state index contributed by atoms with van der Waals surface area (Å²) < 4.78 is 38.2. The summed E-state index contributed by atoms with van der Waals surface area (Å²) in [5, 5.41) is 35.9. The van der Waals surface area contributed by atoms with Crippen LogP contribution in [-0.4, -0.2) is 57.3 Å².